The average Bonchev–Trinajstić information content (AvgIpc) is 2.77. The minimum absolute atomic E-state index is 0.162. The summed E-state index contributed by atoms with van der Waals surface area (Å²) in [5, 5.41) is 5.56. The fourth-order valence-corrected chi connectivity index (χ4v) is 2.53. The highest BCUT2D eigenvalue weighted by Gasteiger charge is 2.50. The standard InChI is InChI=1S/C19H27FN2O5/c1-12(24)21-9-14(25-11-23)10-22-13-6-7-15(16(20)8-13)17-26-18(2,3)19(4,5)27-17/h6-8,11,14,17,22H,9-10H2,1-5H3,(H,21,24)/t14-/m0/s1. The summed E-state index contributed by atoms with van der Waals surface area (Å²) in [6, 6.07) is 4.62. The molecule has 0 radical (unpaired) electrons. The van der Waals surface area contributed by atoms with E-state index in [2.05, 4.69) is 10.6 Å². The van der Waals surface area contributed by atoms with Crippen LogP contribution in [0.5, 0.6) is 0 Å². The Morgan fingerprint density at radius 3 is 2.41 bits per heavy atom. The molecular formula is C19H27FN2O5. The predicted molar refractivity (Wildman–Crippen MR) is 97.6 cm³/mol. The quantitative estimate of drug-likeness (QED) is 0.672. The molecule has 0 spiro atoms. The van der Waals surface area contributed by atoms with Crippen molar-refractivity contribution < 1.29 is 28.2 Å². The molecule has 2 rings (SSSR count). The van der Waals surface area contributed by atoms with Crippen molar-refractivity contribution in [3.8, 4) is 0 Å². The number of ether oxygens (including phenoxy) is 3. The van der Waals surface area contributed by atoms with Crippen molar-refractivity contribution in [3.63, 3.8) is 0 Å². The van der Waals surface area contributed by atoms with Gasteiger partial charge in [0.25, 0.3) is 6.47 Å². The molecule has 7 nitrogen and oxygen atoms in total. The van der Waals surface area contributed by atoms with Crippen LogP contribution in [0.1, 0.15) is 46.5 Å². The van der Waals surface area contributed by atoms with Crippen LogP contribution in [0.4, 0.5) is 10.1 Å². The van der Waals surface area contributed by atoms with E-state index in [9.17, 15) is 14.0 Å². The third-order valence-corrected chi connectivity index (χ3v) is 4.87. The summed E-state index contributed by atoms with van der Waals surface area (Å²) in [6.45, 7) is 9.69. The van der Waals surface area contributed by atoms with Gasteiger partial charge in [-0.05, 0) is 45.9 Å². The smallest absolute Gasteiger partial charge is 0.293 e. The monoisotopic (exact) mass is 382 g/mol. The van der Waals surface area contributed by atoms with Gasteiger partial charge in [-0.15, -0.1) is 0 Å². The van der Waals surface area contributed by atoms with Crippen LogP contribution in [-0.4, -0.2) is 42.8 Å². The maximum absolute atomic E-state index is 14.6. The van der Waals surface area contributed by atoms with E-state index in [0.717, 1.165) is 0 Å². The summed E-state index contributed by atoms with van der Waals surface area (Å²) in [6.07, 6.45) is -1.35. The predicted octanol–water partition coefficient (Wildman–Crippen LogP) is 2.52. The van der Waals surface area contributed by atoms with Gasteiger partial charge in [0.1, 0.15) is 11.9 Å². The zero-order chi connectivity index (χ0) is 20.2. The molecule has 1 saturated heterocycles. The summed E-state index contributed by atoms with van der Waals surface area (Å²) in [5.41, 5.74) is -0.276. The van der Waals surface area contributed by atoms with Gasteiger partial charge in [0.15, 0.2) is 6.29 Å². The lowest BCUT2D eigenvalue weighted by atomic mass is 9.90. The number of halogens is 1. The van der Waals surface area contributed by atoms with E-state index in [4.69, 9.17) is 14.2 Å². The van der Waals surface area contributed by atoms with Crippen LogP contribution in [0.3, 0.4) is 0 Å². The fraction of sp³-hybridized carbons (Fsp3) is 0.579. The van der Waals surface area contributed by atoms with Crippen molar-refractivity contribution in [2.75, 3.05) is 18.4 Å². The summed E-state index contributed by atoms with van der Waals surface area (Å²) >= 11 is 0. The van der Waals surface area contributed by atoms with Gasteiger partial charge in [-0.3, -0.25) is 9.59 Å². The first-order valence-electron chi connectivity index (χ1n) is 8.78. The highest BCUT2D eigenvalue weighted by atomic mass is 19.1. The largest absolute Gasteiger partial charge is 0.461 e. The van der Waals surface area contributed by atoms with Gasteiger partial charge in [0.05, 0.1) is 24.3 Å². The molecule has 1 atom stereocenters. The van der Waals surface area contributed by atoms with Gasteiger partial charge >= 0.3 is 0 Å². The average molecular weight is 382 g/mol. The van der Waals surface area contributed by atoms with Crippen LogP contribution >= 0.6 is 0 Å². The van der Waals surface area contributed by atoms with E-state index in [1.165, 1.54) is 13.0 Å². The maximum atomic E-state index is 14.6. The van der Waals surface area contributed by atoms with Crippen molar-refractivity contribution >= 4 is 18.1 Å². The molecule has 2 N–H and O–H groups in total. The van der Waals surface area contributed by atoms with Crippen LogP contribution in [0.2, 0.25) is 0 Å². The second kappa shape index (κ2) is 8.22. The third-order valence-electron chi connectivity index (χ3n) is 4.87. The molecule has 0 bridgehead atoms. The van der Waals surface area contributed by atoms with Crippen molar-refractivity contribution in [1.29, 1.82) is 0 Å². The number of carbonyl (C=O) groups is 2. The SMILES string of the molecule is CC(=O)NC[C@@H](CNc1ccc(C2OC(C)(C)C(C)(C)O2)c(F)c1)OC=O. The van der Waals surface area contributed by atoms with E-state index in [0.29, 0.717) is 17.7 Å². The molecule has 0 saturated carbocycles. The Hall–Kier alpha value is -2.19. The molecule has 0 unspecified atom stereocenters. The summed E-state index contributed by atoms with van der Waals surface area (Å²) < 4.78 is 31.2. The van der Waals surface area contributed by atoms with Crippen LogP contribution in [0.25, 0.3) is 0 Å². The van der Waals surface area contributed by atoms with Gasteiger partial charge in [0.2, 0.25) is 5.91 Å². The molecule has 1 aromatic carbocycles. The Morgan fingerprint density at radius 2 is 1.89 bits per heavy atom. The zero-order valence-corrected chi connectivity index (χ0v) is 16.3. The first-order valence-corrected chi connectivity index (χ1v) is 8.78. The molecular weight excluding hydrogens is 355 g/mol. The third kappa shape index (κ3) is 5.17. The van der Waals surface area contributed by atoms with Crippen LogP contribution < -0.4 is 10.6 Å². The molecule has 1 aliphatic rings. The highest BCUT2D eigenvalue weighted by Crippen LogP contribution is 2.45. The van der Waals surface area contributed by atoms with Crippen molar-refractivity contribution in [3.05, 3.63) is 29.6 Å². The summed E-state index contributed by atoms with van der Waals surface area (Å²) in [5.74, 6) is -0.694. The van der Waals surface area contributed by atoms with Crippen molar-refractivity contribution in [1.82, 2.24) is 5.32 Å². The van der Waals surface area contributed by atoms with Gasteiger partial charge in [-0.1, -0.05) is 0 Å². The van der Waals surface area contributed by atoms with E-state index in [1.807, 2.05) is 27.7 Å². The number of rotatable bonds is 8. The number of hydrogen-bond donors (Lipinski definition) is 2. The zero-order valence-electron chi connectivity index (χ0n) is 16.3. The number of hydrogen-bond acceptors (Lipinski definition) is 6. The van der Waals surface area contributed by atoms with Gasteiger partial charge < -0.3 is 24.8 Å². The molecule has 1 fully saturated rings. The minimum Gasteiger partial charge on any atom is -0.461 e. The van der Waals surface area contributed by atoms with Crippen molar-refractivity contribution in [2.45, 2.75) is 58.2 Å². The first kappa shape index (κ1) is 21.1. The highest BCUT2D eigenvalue weighted by molar-refractivity contribution is 5.72. The second-order valence-electron chi connectivity index (χ2n) is 7.50. The molecule has 27 heavy (non-hydrogen) atoms. The van der Waals surface area contributed by atoms with E-state index >= 15 is 0 Å². The number of carbonyl (C=O) groups excluding carboxylic acids is 2. The lowest BCUT2D eigenvalue weighted by molar-refractivity contribution is -0.133. The summed E-state index contributed by atoms with van der Waals surface area (Å²) in [4.78, 5) is 21.5. The maximum Gasteiger partial charge on any atom is 0.293 e. The number of anilines is 1. The molecule has 0 aromatic heterocycles. The Balaban J connectivity index is 2.02. The Bertz CT molecular complexity index is 677. The van der Waals surface area contributed by atoms with Gasteiger partial charge in [0, 0.05) is 18.2 Å². The Kier molecular flexibility index (Phi) is 6.43. The van der Waals surface area contributed by atoms with E-state index in [-0.39, 0.29) is 19.0 Å². The molecule has 1 heterocycles. The number of amides is 1. The lowest BCUT2D eigenvalue weighted by Gasteiger charge is -2.30. The van der Waals surface area contributed by atoms with Crippen molar-refractivity contribution in [2.24, 2.45) is 0 Å². The van der Waals surface area contributed by atoms with Gasteiger partial charge in [-0.25, -0.2) is 4.39 Å². The van der Waals surface area contributed by atoms with Crippen LogP contribution in [0, 0.1) is 5.82 Å². The molecule has 0 aliphatic carbocycles. The lowest BCUT2D eigenvalue weighted by Crippen LogP contribution is -2.41. The minimum atomic E-state index is -0.782. The Morgan fingerprint density at radius 1 is 1.26 bits per heavy atom. The fourth-order valence-electron chi connectivity index (χ4n) is 2.53. The normalized spacial score (nSPS) is 19.3. The number of benzene rings is 1. The molecule has 1 amide bonds. The Labute approximate surface area is 158 Å². The topological polar surface area (TPSA) is 85.9 Å². The van der Waals surface area contributed by atoms with Crippen LogP contribution in [0.15, 0.2) is 18.2 Å². The number of nitrogens with one attached hydrogen (secondary N) is 2. The van der Waals surface area contributed by atoms with Gasteiger partial charge in [-0.2, -0.15) is 0 Å². The van der Waals surface area contributed by atoms with E-state index in [1.54, 1.807) is 12.1 Å². The second-order valence-corrected chi connectivity index (χ2v) is 7.50. The van der Waals surface area contributed by atoms with Crippen LogP contribution in [-0.2, 0) is 23.8 Å². The first-order chi connectivity index (χ1) is 12.6. The molecule has 150 valence electrons. The molecule has 1 aliphatic heterocycles. The van der Waals surface area contributed by atoms with E-state index < -0.39 is 29.4 Å². The summed E-state index contributed by atoms with van der Waals surface area (Å²) in [7, 11) is 0. The molecule has 8 heteroatoms. The molecule has 1 aromatic rings.